The van der Waals surface area contributed by atoms with Crippen molar-refractivity contribution in [2.24, 2.45) is 0 Å². The molecule has 1 atom stereocenters. The van der Waals surface area contributed by atoms with E-state index in [9.17, 15) is 4.39 Å². The summed E-state index contributed by atoms with van der Waals surface area (Å²) in [6.07, 6.45) is 2.69. The Morgan fingerprint density at radius 3 is 3.22 bits per heavy atom. The van der Waals surface area contributed by atoms with Gasteiger partial charge in [-0.05, 0) is 42.4 Å². The highest BCUT2D eigenvalue weighted by Crippen LogP contribution is 2.36. The van der Waals surface area contributed by atoms with E-state index in [1.165, 1.54) is 6.07 Å². The van der Waals surface area contributed by atoms with Gasteiger partial charge in [-0.2, -0.15) is 0 Å². The minimum Gasteiger partial charge on any atom is -0.359 e. The maximum atomic E-state index is 13.3. The summed E-state index contributed by atoms with van der Waals surface area (Å²) < 4.78 is 13.3. The van der Waals surface area contributed by atoms with Gasteiger partial charge >= 0.3 is 0 Å². The first-order chi connectivity index (χ1) is 8.70. The van der Waals surface area contributed by atoms with Crippen molar-refractivity contribution in [3.8, 4) is 0 Å². The van der Waals surface area contributed by atoms with E-state index in [4.69, 9.17) is 12.2 Å². The molecule has 1 aliphatic heterocycles. The van der Waals surface area contributed by atoms with Crippen molar-refractivity contribution >= 4 is 29.1 Å². The number of fused-ring (bicyclic) bond motifs is 1. The number of thiocarbonyl (C=S) groups is 1. The Labute approximate surface area is 116 Å². The minimum atomic E-state index is -0.201. The van der Waals surface area contributed by atoms with Gasteiger partial charge in [-0.3, -0.25) is 0 Å². The molecule has 0 aliphatic carbocycles. The van der Waals surface area contributed by atoms with E-state index in [0.717, 1.165) is 22.6 Å². The summed E-state index contributed by atoms with van der Waals surface area (Å²) in [5, 5.41) is 6.84. The van der Waals surface area contributed by atoms with Crippen molar-refractivity contribution in [3.05, 3.63) is 42.2 Å². The normalized spacial score (nSPS) is 17.7. The third-order valence-corrected chi connectivity index (χ3v) is 4.11. The van der Waals surface area contributed by atoms with Gasteiger partial charge in [0.15, 0.2) is 5.11 Å². The minimum absolute atomic E-state index is 0.0850. The molecule has 0 amide bonds. The summed E-state index contributed by atoms with van der Waals surface area (Å²) in [6.45, 7) is 4.25. The second kappa shape index (κ2) is 6.20. The first-order valence-electron chi connectivity index (χ1n) is 5.78. The molecule has 1 heterocycles. The van der Waals surface area contributed by atoms with E-state index >= 15 is 0 Å². The van der Waals surface area contributed by atoms with Gasteiger partial charge in [0.2, 0.25) is 0 Å². The summed E-state index contributed by atoms with van der Waals surface area (Å²) in [7, 11) is 0. The molecule has 0 radical (unpaired) electrons. The van der Waals surface area contributed by atoms with Crippen molar-refractivity contribution in [2.75, 3.05) is 12.3 Å². The maximum absolute atomic E-state index is 13.3. The average Bonchev–Trinajstić information content (AvgIpc) is 2.37. The molecule has 0 spiro atoms. The Balaban J connectivity index is 2.09. The fraction of sp³-hybridized carbons (Fsp3) is 0.308. The van der Waals surface area contributed by atoms with Crippen LogP contribution in [0.2, 0.25) is 0 Å². The third kappa shape index (κ3) is 3.23. The van der Waals surface area contributed by atoms with Crippen LogP contribution >= 0.6 is 24.0 Å². The van der Waals surface area contributed by atoms with Crippen LogP contribution < -0.4 is 10.6 Å². The van der Waals surface area contributed by atoms with Crippen molar-refractivity contribution in [3.63, 3.8) is 0 Å². The molecule has 18 heavy (non-hydrogen) atoms. The van der Waals surface area contributed by atoms with Gasteiger partial charge in [-0.25, -0.2) is 4.39 Å². The van der Waals surface area contributed by atoms with Crippen LogP contribution in [0.5, 0.6) is 0 Å². The van der Waals surface area contributed by atoms with Gasteiger partial charge in [0.25, 0.3) is 0 Å². The van der Waals surface area contributed by atoms with Gasteiger partial charge < -0.3 is 10.6 Å². The largest absolute Gasteiger partial charge is 0.359 e. The lowest BCUT2D eigenvalue weighted by molar-refractivity contribution is 0.582. The molecule has 0 bridgehead atoms. The summed E-state index contributed by atoms with van der Waals surface area (Å²) in [5.41, 5.74) is 0.994. The fourth-order valence-corrected chi connectivity index (χ4v) is 3.22. The number of nitrogens with one attached hydrogen (secondary N) is 2. The molecule has 5 heteroatoms. The Kier molecular flexibility index (Phi) is 4.60. The van der Waals surface area contributed by atoms with Crippen LogP contribution in [-0.2, 0) is 0 Å². The fourth-order valence-electron chi connectivity index (χ4n) is 1.89. The van der Waals surface area contributed by atoms with Crippen LogP contribution in [0.4, 0.5) is 4.39 Å². The highest BCUT2D eigenvalue weighted by molar-refractivity contribution is 7.99. The molecule has 1 aromatic carbocycles. The van der Waals surface area contributed by atoms with Gasteiger partial charge in [-0.15, -0.1) is 18.3 Å². The molecule has 1 aromatic rings. The molecule has 2 nitrogen and oxygen atoms in total. The smallest absolute Gasteiger partial charge is 0.167 e. The predicted molar refractivity (Wildman–Crippen MR) is 78.4 cm³/mol. The Bertz CT molecular complexity index is 462. The second-order valence-electron chi connectivity index (χ2n) is 4.01. The lowest BCUT2D eigenvalue weighted by Gasteiger charge is -2.27. The van der Waals surface area contributed by atoms with Crippen LogP contribution in [0.3, 0.4) is 0 Å². The lowest BCUT2D eigenvalue weighted by Crippen LogP contribution is -2.38. The molecule has 0 fully saturated rings. The first-order valence-corrected chi connectivity index (χ1v) is 7.17. The summed E-state index contributed by atoms with van der Waals surface area (Å²) in [6, 6.07) is 5.02. The van der Waals surface area contributed by atoms with E-state index in [2.05, 4.69) is 17.2 Å². The van der Waals surface area contributed by atoms with E-state index < -0.39 is 0 Å². The SMILES string of the molecule is C=CCNC(=S)N[C@@H]1CCSc2ccc(F)cc21. The van der Waals surface area contributed by atoms with Crippen LogP contribution in [0.15, 0.2) is 35.7 Å². The summed E-state index contributed by atoms with van der Waals surface area (Å²) >= 11 is 6.95. The standard InChI is InChI=1S/C13H15FN2S2/c1-2-6-15-13(17)16-11-5-7-18-12-4-3-9(14)8-10(11)12/h2-4,8,11H,1,5-7H2,(H2,15,16,17)/t11-/m1/s1. The topological polar surface area (TPSA) is 24.1 Å². The Hall–Kier alpha value is -1.07. The highest BCUT2D eigenvalue weighted by atomic mass is 32.2. The van der Waals surface area contributed by atoms with Gasteiger partial charge in [0.05, 0.1) is 6.04 Å². The van der Waals surface area contributed by atoms with Crippen molar-refractivity contribution in [1.29, 1.82) is 0 Å². The van der Waals surface area contributed by atoms with Crippen LogP contribution in [0, 0.1) is 5.82 Å². The quantitative estimate of drug-likeness (QED) is 0.657. The number of hydrogen-bond donors (Lipinski definition) is 2. The molecule has 0 unspecified atom stereocenters. The summed E-state index contributed by atoms with van der Waals surface area (Å²) in [5.74, 6) is 0.813. The molecule has 0 saturated carbocycles. The maximum Gasteiger partial charge on any atom is 0.167 e. The van der Waals surface area contributed by atoms with Crippen molar-refractivity contribution < 1.29 is 4.39 Å². The molecule has 2 rings (SSSR count). The molecule has 96 valence electrons. The molecular formula is C13H15FN2S2. The van der Waals surface area contributed by atoms with Crippen LogP contribution in [0.25, 0.3) is 0 Å². The molecule has 0 aromatic heterocycles. The zero-order valence-corrected chi connectivity index (χ0v) is 11.5. The number of thioether (sulfide) groups is 1. The van der Waals surface area contributed by atoms with Crippen molar-refractivity contribution in [2.45, 2.75) is 17.4 Å². The zero-order chi connectivity index (χ0) is 13.0. The van der Waals surface area contributed by atoms with Gasteiger partial charge in [0, 0.05) is 17.2 Å². The average molecular weight is 282 g/mol. The lowest BCUT2D eigenvalue weighted by atomic mass is 10.0. The van der Waals surface area contributed by atoms with E-state index in [0.29, 0.717) is 11.7 Å². The van der Waals surface area contributed by atoms with E-state index in [-0.39, 0.29) is 11.9 Å². The first kappa shape index (κ1) is 13.4. The van der Waals surface area contributed by atoms with E-state index in [1.54, 1.807) is 23.9 Å². The van der Waals surface area contributed by atoms with Crippen LogP contribution in [-0.4, -0.2) is 17.4 Å². The van der Waals surface area contributed by atoms with Crippen molar-refractivity contribution in [1.82, 2.24) is 10.6 Å². The zero-order valence-electron chi connectivity index (χ0n) is 9.91. The number of rotatable bonds is 3. The summed E-state index contributed by atoms with van der Waals surface area (Å²) in [4.78, 5) is 1.13. The second-order valence-corrected chi connectivity index (χ2v) is 5.56. The van der Waals surface area contributed by atoms with Gasteiger partial charge in [0.1, 0.15) is 5.82 Å². The molecular weight excluding hydrogens is 267 g/mol. The molecule has 0 saturated heterocycles. The predicted octanol–water partition coefficient (Wildman–Crippen LogP) is 3.01. The number of hydrogen-bond acceptors (Lipinski definition) is 2. The molecule has 1 aliphatic rings. The number of halogens is 1. The Morgan fingerprint density at radius 2 is 2.44 bits per heavy atom. The number of benzene rings is 1. The third-order valence-electron chi connectivity index (χ3n) is 2.72. The van der Waals surface area contributed by atoms with Gasteiger partial charge in [-0.1, -0.05) is 6.08 Å². The highest BCUT2D eigenvalue weighted by Gasteiger charge is 2.21. The van der Waals surface area contributed by atoms with E-state index in [1.807, 2.05) is 6.07 Å². The van der Waals surface area contributed by atoms with Crippen LogP contribution in [0.1, 0.15) is 18.0 Å². The monoisotopic (exact) mass is 282 g/mol. The molecule has 2 N–H and O–H groups in total. The Morgan fingerprint density at radius 1 is 1.61 bits per heavy atom.